The van der Waals surface area contributed by atoms with Gasteiger partial charge in [-0.2, -0.15) is 0 Å². The fourth-order valence-corrected chi connectivity index (χ4v) is 1.15. The Morgan fingerprint density at radius 1 is 1.41 bits per heavy atom. The van der Waals surface area contributed by atoms with Crippen LogP contribution in [0.2, 0.25) is 0 Å². The number of amides is 2. The fourth-order valence-electron chi connectivity index (χ4n) is 1.15. The van der Waals surface area contributed by atoms with Crippen molar-refractivity contribution in [2.75, 3.05) is 13.8 Å². The van der Waals surface area contributed by atoms with E-state index in [4.69, 9.17) is 12.2 Å². The molecular weight excluding hydrogens is 220 g/mol. The minimum atomic E-state index is -0.793. The van der Waals surface area contributed by atoms with E-state index in [2.05, 4.69) is 10.7 Å². The van der Waals surface area contributed by atoms with Crippen LogP contribution in [0.25, 0.3) is 0 Å². The first-order valence-corrected chi connectivity index (χ1v) is 4.81. The summed E-state index contributed by atoms with van der Waals surface area (Å²) in [6.07, 6.45) is 4.40. The molecule has 0 atom stereocenters. The van der Waals surface area contributed by atoms with Gasteiger partial charge in [-0.1, -0.05) is 5.92 Å². The van der Waals surface area contributed by atoms with Gasteiger partial charge in [0.25, 0.3) is 5.91 Å². The van der Waals surface area contributed by atoms with Crippen molar-refractivity contribution in [3.05, 3.63) is 35.4 Å². The molecule has 1 rings (SSSR count). The maximum atomic E-state index is 11.8. The van der Waals surface area contributed by atoms with Crippen LogP contribution in [0.5, 0.6) is 0 Å². The molecule has 0 aliphatic heterocycles. The zero-order valence-corrected chi connectivity index (χ0v) is 9.34. The first-order chi connectivity index (χ1) is 8.10. The van der Waals surface area contributed by atoms with Crippen LogP contribution >= 0.6 is 0 Å². The van der Waals surface area contributed by atoms with Gasteiger partial charge in [0.05, 0.1) is 0 Å². The fraction of sp³-hybridized carbons (Fsp3) is 0.167. The molecule has 0 unspecified atom stereocenters. The highest BCUT2D eigenvalue weighted by Crippen LogP contribution is 2.07. The number of imide groups is 1. The minimum absolute atomic E-state index is 0.271. The lowest BCUT2D eigenvalue weighted by Crippen LogP contribution is -2.34. The second kappa shape index (κ2) is 5.68. The van der Waals surface area contributed by atoms with Gasteiger partial charge in [-0.15, -0.1) is 6.42 Å². The summed E-state index contributed by atoms with van der Waals surface area (Å²) >= 11 is 0. The van der Waals surface area contributed by atoms with Gasteiger partial charge < -0.3 is 4.74 Å². The van der Waals surface area contributed by atoms with E-state index in [-0.39, 0.29) is 6.73 Å². The van der Waals surface area contributed by atoms with Crippen molar-refractivity contribution in [2.24, 2.45) is 5.73 Å². The third-order valence-corrected chi connectivity index (χ3v) is 2.08. The normalized spacial score (nSPS) is 9.24. The van der Waals surface area contributed by atoms with E-state index in [9.17, 15) is 9.59 Å². The van der Waals surface area contributed by atoms with Crippen LogP contribution in [0, 0.1) is 12.3 Å². The first kappa shape index (κ1) is 12.7. The maximum absolute atomic E-state index is 11.8. The molecule has 88 valence electrons. The number of carbonyl (C=O) groups is 2. The average molecular weight is 232 g/mol. The van der Waals surface area contributed by atoms with E-state index < -0.39 is 12.0 Å². The zero-order valence-electron chi connectivity index (χ0n) is 9.34. The SMILES string of the molecule is C#Cc1ccc(C(=O)N(C)C(=O)OCN)cc1. The van der Waals surface area contributed by atoms with Crippen molar-refractivity contribution in [3.63, 3.8) is 0 Å². The van der Waals surface area contributed by atoms with E-state index in [1.54, 1.807) is 24.3 Å². The van der Waals surface area contributed by atoms with Gasteiger partial charge in [0.15, 0.2) is 0 Å². The molecule has 0 aliphatic rings. The Balaban J connectivity index is 2.82. The summed E-state index contributed by atoms with van der Waals surface area (Å²) in [6.45, 7) is -0.271. The third kappa shape index (κ3) is 3.06. The highest BCUT2D eigenvalue weighted by Gasteiger charge is 2.19. The Hall–Kier alpha value is -2.32. The predicted molar refractivity (Wildman–Crippen MR) is 62.0 cm³/mol. The average Bonchev–Trinajstić information content (AvgIpc) is 2.37. The molecule has 1 aromatic carbocycles. The van der Waals surface area contributed by atoms with Crippen molar-refractivity contribution in [3.8, 4) is 12.3 Å². The van der Waals surface area contributed by atoms with E-state index in [1.807, 2.05) is 0 Å². The second-order valence-electron chi connectivity index (χ2n) is 3.16. The monoisotopic (exact) mass is 232 g/mol. The molecule has 2 N–H and O–H groups in total. The maximum Gasteiger partial charge on any atom is 0.417 e. The molecule has 0 fully saturated rings. The number of terminal acetylenes is 1. The Labute approximate surface area is 99.2 Å². The van der Waals surface area contributed by atoms with Gasteiger partial charge >= 0.3 is 6.09 Å². The van der Waals surface area contributed by atoms with Gasteiger partial charge in [0.1, 0.15) is 6.73 Å². The van der Waals surface area contributed by atoms with Crippen molar-refractivity contribution in [2.45, 2.75) is 0 Å². The molecule has 0 aromatic heterocycles. The van der Waals surface area contributed by atoms with Gasteiger partial charge in [-0.3, -0.25) is 10.5 Å². The topological polar surface area (TPSA) is 72.6 Å². The number of ether oxygens (including phenoxy) is 1. The van der Waals surface area contributed by atoms with Gasteiger partial charge in [-0.25, -0.2) is 9.69 Å². The number of hydrogen-bond donors (Lipinski definition) is 1. The van der Waals surface area contributed by atoms with Crippen molar-refractivity contribution in [1.29, 1.82) is 0 Å². The van der Waals surface area contributed by atoms with Gasteiger partial charge in [-0.05, 0) is 24.3 Å². The Morgan fingerprint density at radius 3 is 2.47 bits per heavy atom. The summed E-state index contributed by atoms with van der Waals surface area (Å²) in [4.78, 5) is 23.9. The summed E-state index contributed by atoms with van der Waals surface area (Å²) in [6, 6.07) is 6.33. The largest absolute Gasteiger partial charge is 0.433 e. The molecule has 0 spiro atoms. The molecular formula is C12H12N2O3. The third-order valence-electron chi connectivity index (χ3n) is 2.08. The summed E-state index contributed by atoms with van der Waals surface area (Å²) in [5, 5.41) is 0. The van der Waals surface area contributed by atoms with Gasteiger partial charge in [0.2, 0.25) is 0 Å². The van der Waals surface area contributed by atoms with E-state index in [0.717, 1.165) is 4.90 Å². The van der Waals surface area contributed by atoms with Crippen LogP contribution in [0.15, 0.2) is 24.3 Å². The molecule has 5 nitrogen and oxygen atoms in total. The summed E-state index contributed by atoms with van der Waals surface area (Å²) < 4.78 is 4.50. The van der Waals surface area contributed by atoms with Crippen LogP contribution in [0.3, 0.4) is 0 Å². The molecule has 0 saturated carbocycles. The number of nitrogens with two attached hydrogens (primary N) is 1. The van der Waals surface area contributed by atoms with E-state index in [1.165, 1.54) is 7.05 Å². The van der Waals surface area contributed by atoms with Crippen LogP contribution in [0.1, 0.15) is 15.9 Å². The lowest BCUT2D eigenvalue weighted by atomic mass is 10.1. The van der Waals surface area contributed by atoms with Crippen LogP contribution in [-0.2, 0) is 4.74 Å². The number of nitrogens with zero attached hydrogens (tertiary/aromatic N) is 1. The standard InChI is InChI=1S/C12H12N2O3/c1-3-9-4-6-10(7-5-9)11(15)14(2)12(16)17-8-13/h1,4-7H,8,13H2,2H3. The molecule has 0 bridgehead atoms. The van der Waals surface area contributed by atoms with Crippen LogP contribution in [-0.4, -0.2) is 30.7 Å². The Kier molecular flexibility index (Phi) is 4.26. The number of hydrogen-bond acceptors (Lipinski definition) is 4. The van der Waals surface area contributed by atoms with Crippen molar-refractivity contribution >= 4 is 12.0 Å². The molecule has 0 saturated heterocycles. The molecule has 17 heavy (non-hydrogen) atoms. The summed E-state index contributed by atoms with van der Waals surface area (Å²) in [5.74, 6) is 1.95. The molecule has 2 amide bonds. The quantitative estimate of drug-likeness (QED) is 0.604. The highest BCUT2D eigenvalue weighted by molar-refractivity contribution is 6.02. The van der Waals surface area contributed by atoms with Crippen LogP contribution in [0.4, 0.5) is 4.79 Å². The summed E-state index contributed by atoms with van der Waals surface area (Å²) in [7, 11) is 1.31. The lowest BCUT2D eigenvalue weighted by Gasteiger charge is -2.14. The molecule has 0 aliphatic carbocycles. The summed E-state index contributed by atoms with van der Waals surface area (Å²) in [5.41, 5.74) is 6.05. The molecule has 5 heteroatoms. The number of carbonyl (C=O) groups excluding carboxylic acids is 2. The van der Waals surface area contributed by atoms with Crippen molar-refractivity contribution < 1.29 is 14.3 Å². The lowest BCUT2D eigenvalue weighted by molar-refractivity contribution is 0.0715. The zero-order chi connectivity index (χ0) is 12.8. The minimum Gasteiger partial charge on any atom is -0.433 e. The second-order valence-corrected chi connectivity index (χ2v) is 3.16. The smallest absolute Gasteiger partial charge is 0.417 e. The Morgan fingerprint density at radius 2 is 2.00 bits per heavy atom. The number of benzene rings is 1. The molecule has 0 heterocycles. The Bertz CT molecular complexity index is 460. The first-order valence-electron chi connectivity index (χ1n) is 4.81. The predicted octanol–water partition coefficient (Wildman–Crippen LogP) is 0.793. The van der Waals surface area contributed by atoms with Crippen LogP contribution < -0.4 is 5.73 Å². The molecule has 0 radical (unpaired) electrons. The molecule has 1 aromatic rings. The number of rotatable bonds is 2. The highest BCUT2D eigenvalue weighted by atomic mass is 16.6. The van der Waals surface area contributed by atoms with E-state index >= 15 is 0 Å². The van der Waals surface area contributed by atoms with Gasteiger partial charge in [0, 0.05) is 18.2 Å². The van der Waals surface area contributed by atoms with Crippen molar-refractivity contribution in [1.82, 2.24) is 4.90 Å². The van der Waals surface area contributed by atoms with E-state index in [0.29, 0.717) is 11.1 Å².